The molecule has 3 saturated carbocycles. The number of hydrogen-bond acceptors (Lipinski definition) is 9. The van der Waals surface area contributed by atoms with E-state index in [9.17, 15) is 40.2 Å². The minimum absolute atomic E-state index is 0.151. The fourth-order valence-corrected chi connectivity index (χ4v) is 9.58. The van der Waals surface area contributed by atoms with E-state index in [1.54, 1.807) is 19.9 Å². The van der Waals surface area contributed by atoms with Crippen molar-refractivity contribution in [1.82, 2.24) is 0 Å². The van der Waals surface area contributed by atoms with E-state index in [0.29, 0.717) is 24.8 Å². The van der Waals surface area contributed by atoms with Crippen LogP contribution in [0.25, 0.3) is 0 Å². The normalized spacial score (nSPS) is 51.7. The highest BCUT2D eigenvalue weighted by Gasteiger charge is 2.69. The molecule has 4 aliphatic carbocycles. The van der Waals surface area contributed by atoms with Crippen molar-refractivity contribution < 1.29 is 45.0 Å². The maximum atomic E-state index is 13.3. The first-order valence-electron chi connectivity index (χ1n) is 14.1. The Morgan fingerprint density at radius 1 is 1.05 bits per heavy atom. The molecule has 0 radical (unpaired) electrons. The zero-order valence-corrected chi connectivity index (χ0v) is 23.0. The average molecular weight is 537 g/mol. The summed E-state index contributed by atoms with van der Waals surface area (Å²) < 4.78 is 5.25. The van der Waals surface area contributed by atoms with Gasteiger partial charge in [-0.1, -0.05) is 20.8 Å². The summed E-state index contributed by atoms with van der Waals surface area (Å²) >= 11 is 0. The van der Waals surface area contributed by atoms with Crippen LogP contribution in [0.4, 0.5) is 0 Å². The number of aliphatic hydroxyl groups is 6. The second kappa shape index (κ2) is 8.82. The Morgan fingerprint density at radius 3 is 2.32 bits per heavy atom. The summed E-state index contributed by atoms with van der Waals surface area (Å²) in [5, 5.41) is 67.4. The first-order chi connectivity index (χ1) is 17.5. The minimum atomic E-state index is -1.80. The molecule has 1 saturated heterocycles. The van der Waals surface area contributed by atoms with Gasteiger partial charge in [0.25, 0.3) is 0 Å². The predicted molar refractivity (Wildman–Crippen MR) is 135 cm³/mol. The highest BCUT2D eigenvalue weighted by atomic mass is 16.6. The Morgan fingerprint density at radius 2 is 1.71 bits per heavy atom. The molecule has 1 heterocycles. The van der Waals surface area contributed by atoms with Crippen LogP contribution >= 0.6 is 0 Å². The van der Waals surface area contributed by atoms with Crippen LogP contribution in [-0.2, 0) is 14.3 Å². The van der Waals surface area contributed by atoms with Crippen LogP contribution in [0, 0.1) is 40.4 Å². The van der Waals surface area contributed by atoms with Crippen molar-refractivity contribution in [3.05, 3.63) is 11.6 Å². The lowest BCUT2D eigenvalue weighted by molar-refractivity contribution is -0.198. The lowest BCUT2D eigenvalue weighted by Crippen LogP contribution is -2.64. The minimum Gasteiger partial charge on any atom is -0.462 e. The third-order valence-corrected chi connectivity index (χ3v) is 11.9. The molecule has 9 nitrogen and oxygen atoms in total. The first kappa shape index (κ1) is 28.2. The number of hydrogen-bond donors (Lipinski definition) is 6. The van der Waals surface area contributed by atoms with Crippen molar-refractivity contribution >= 4 is 11.8 Å². The van der Waals surface area contributed by atoms with Gasteiger partial charge >= 0.3 is 5.97 Å². The molecule has 0 aromatic rings. The van der Waals surface area contributed by atoms with Gasteiger partial charge in [0.1, 0.15) is 12.2 Å². The van der Waals surface area contributed by atoms with Crippen molar-refractivity contribution in [3.8, 4) is 0 Å². The van der Waals surface area contributed by atoms with E-state index >= 15 is 0 Å². The number of aliphatic hydroxyl groups excluding tert-OH is 4. The summed E-state index contributed by atoms with van der Waals surface area (Å²) in [6.45, 7) is 8.65. The van der Waals surface area contributed by atoms with E-state index in [4.69, 9.17) is 4.74 Å². The Balaban J connectivity index is 1.46. The van der Waals surface area contributed by atoms with Crippen LogP contribution in [0.1, 0.15) is 73.1 Å². The number of allylic oxidation sites excluding steroid dienone is 1. The molecular formula is C29H44O9. The second-order valence-corrected chi connectivity index (χ2v) is 13.8. The molecule has 0 aromatic heterocycles. The number of carbonyl (C=O) groups excluding carboxylic acids is 2. The molecule has 4 fully saturated rings. The van der Waals surface area contributed by atoms with Crippen molar-refractivity contribution in [2.75, 3.05) is 0 Å². The monoisotopic (exact) mass is 536 g/mol. The van der Waals surface area contributed by atoms with Crippen LogP contribution in [0.5, 0.6) is 0 Å². The summed E-state index contributed by atoms with van der Waals surface area (Å²) in [4.78, 5) is 25.4. The van der Waals surface area contributed by atoms with Crippen molar-refractivity contribution in [1.29, 1.82) is 0 Å². The SMILES string of the molecule is C[C@@H]1C(=O)O[C@H](C)[C@H]1C(O)[C@@H](O)[C@](C)(O)[C@H]1CC[C@@]2(O)C3=CC(=O)[C@@H]4C[C@@H](O)[C@@H](O)C[C@]4(C)[C@H]3CC[C@]12C. The molecular weight excluding hydrogens is 492 g/mol. The maximum Gasteiger partial charge on any atom is 0.309 e. The van der Waals surface area contributed by atoms with Crippen molar-refractivity contribution in [2.24, 2.45) is 40.4 Å². The van der Waals surface area contributed by atoms with Crippen LogP contribution < -0.4 is 0 Å². The van der Waals surface area contributed by atoms with E-state index in [1.165, 1.54) is 6.92 Å². The number of fused-ring (bicyclic) bond motifs is 5. The Bertz CT molecular complexity index is 1040. The van der Waals surface area contributed by atoms with Gasteiger partial charge in [-0.3, -0.25) is 9.59 Å². The average Bonchev–Trinajstić information content (AvgIpc) is 3.26. The Hall–Kier alpha value is -1.36. The zero-order chi connectivity index (χ0) is 28.2. The molecule has 0 spiro atoms. The van der Waals surface area contributed by atoms with E-state index < -0.39 is 82.2 Å². The van der Waals surface area contributed by atoms with E-state index in [-0.39, 0.29) is 31.0 Å². The Kier molecular flexibility index (Phi) is 6.54. The van der Waals surface area contributed by atoms with Crippen molar-refractivity contribution in [3.63, 3.8) is 0 Å². The lowest BCUT2D eigenvalue weighted by atomic mass is 9.45. The van der Waals surface area contributed by atoms with Gasteiger partial charge in [0, 0.05) is 17.3 Å². The van der Waals surface area contributed by atoms with Gasteiger partial charge in [-0.05, 0) is 81.3 Å². The first-order valence-corrected chi connectivity index (χ1v) is 14.1. The fraction of sp³-hybridized carbons (Fsp3) is 0.862. The maximum absolute atomic E-state index is 13.3. The third kappa shape index (κ3) is 3.58. The summed E-state index contributed by atoms with van der Waals surface area (Å²) in [6, 6.07) is 0. The van der Waals surface area contributed by atoms with Gasteiger partial charge in [-0.25, -0.2) is 0 Å². The summed E-state index contributed by atoms with van der Waals surface area (Å²) in [6.07, 6.45) is -1.70. The largest absolute Gasteiger partial charge is 0.462 e. The van der Waals surface area contributed by atoms with Crippen LogP contribution in [0.2, 0.25) is 0 Å². The summed E-state index contributed by atoms with van der Waals surface area (Å²) in [5.74, 6) is -3.11. The molecule has 0 bridgehead atoms. The summed E-state index contributed by atoms with van der Waals surface area (Å²) in [5.41, 5.74) is -4.08. The number of cyclic esters (lactones) is 1. The van der Waals surface area contributed by atoms with Crippen molar-refractivity contribution in [2.45, 2.75) is 115 Å². The topological polar surface area (TPSA) is 165 Å². The zero-order valence-electron chi connectivity index (χ0n) is 23.0. The van der Waals surface area contributed by atoms with Gasteiger partial charge in [-0.2, -0.15) is 0 Å². The lowest BCUT2D eigenvalue weighted by Gasteiger charge is -2.60. The molecule has 5 aliphatic rings. The van der Waals surface area contributed by atoms with Crippen LogP contribution in [0.3, 0.4) is 0 Å². The van der Waals surface area contributed by atoms with E-state index in [1.807, 2.05) is 13.8 Å². The molecule has 1 aliphatic heterocycles. The molecule has 6 N–H and O–H groups in total. The van der Waals surface area contributed by atoms with Crippen LogP contribution in [-0.4, -0.2) is 84.1 Å². The quantitative estimate of drug-likeness (QED) is 0.286. The third-order valence-electron chi connectivity index (χ3n) is 11.9. The Labute approximate surface area is 223 Å². The molecule has 14 atom stereocenters. The van der Waals surface area contributed by atoms with Gasteiger partial charge in [0.2, 0.25) is 0 Å². The van der Waals surface area contributed by atoms with Gasteiger partial charge in [0.05, 0.1) is 35.4 Å². The standard InChI is InChI=1S/C29H44O9/c1-13-22(14(2)38-25(13)35)23(33)24(34)28(5,36)21-7-9-29(37)16-10-18(30)17-11-19(31)20(32)12-26(17,3)15(16)6-8-27(21,29)4/h10,13-15,17,19-24,31-34,36-37H,6-9,11-12H2,1-5H3/t13-,14+,15-,17-,19+,20-,21-,22-,23?,24+,26+,27+,28+,29+/m0/s1. The number of esters is 1. The molecule has 0 amide bonds. The van der Waals surface area contributed by atoms with E-state index in [2.05, 4.69) is 0 Å². The van der Waals surface area contributed by atoms with E-state index in [0.717, 1.165) is 0 Å². The molecule has 1 unspecified atom stereocenters. The van der Waals surface area contributed by atoms with Gasteiger partial charge in [0.15, 0.2) is 5.78 Å². The van der Waals surface area contributed by atoms with Gasteiger partial charge in [-0.15, -0.1) is 0 Å². The number of ether oxygens (including phenoxy) is 1. The molecule has 5 rings (SSSR count). The second-order valence-electron chi connectivity index (χ2n) is 13.8. The van der Waals surface area contributed by atoms with Crippen LogP contribution in [0.15, 0.2) is 11.6 Å². The summed E-state index contributed by atoms with van der Waals surface area (Å²) in [7, 11) is 0. The molecule has 38 heavy (non-hydrogen) atoms. The molecule has 9 heteroatoms. The highest BCUT2D eigenvalue weighted by molar-refractivity contribution is 5.95. The fourth-order valence-electron chi connectivity index (χ4n) is 9.58. The van der Waals surface area contributed by atoms with Gasteiger partial charge < -0.3 is 35.4 Å². The number of ketones is 1. The molecule has 0 aromatic carbocycles. The number of rotatable bonds is 4. The smallest absolute Gasteiger partial charge is 0.309 e. The predicted octanol–water partition coefficient (Wildman–Crippen LogP) is 0.861. The molecule has 214 valence electrons. The highest BCUT2D eigenvalue weighted by Crippen LogP contribution is 2.68. The number of carbonyl (C=O) groups is 2.